The van der Waals surface area contributed by atoms with Crippen LogP contribution in [-0.4, -0.2) is 46.8 Å². The van der Waals surface area contributed by atoms with Crippen molar-refractivity contribution in [2.45, 2.75) is 91.9 Å². The first-order valence-corrected chi connectivity index (χ1v) is 19.3. The molecule has 0 bridgehead atoms. The van der Waals surface area contributed by atoms with Crippen LogP contribution in [0.2, 0.25) is 0 Å². The Balaban J connectivity index is 1.28. The van der Waals surface area contributed by atoms with Crippen LogP contribution in [0, 0.1) is 5.41 Å². The maximum Gasteiger partial charge on any atom is 0.311 e. The second kappa shape index (κ2) is 13.5. The number of rotatable bonds is 11. The summed E-state index contributed by atoms with van der Waals surface area (Å²) in [5.41, 5.74) is 5.97. The maximum absolute atomic E-state index is 14.2. The smallest absolute Gasteiger partial charge is 0.311 e. The van der Waals surface area contributed by atoms with Crippen molar-refractivity contribution in [3.05, 3.63) is 119 Å². The number of fused-ring (bicyclic) bond motifs is 6. The molecule has 0 atom stereocenters. The molecule has 4 aromatic carbocycles. The molecule has 0 aromatic heterocycles. The summed E-state index contributed by atoms with van der Waals surface area (Å²) in [6.45, 7) is 18.6. The fourth-order valence-electron chi connectivity index (χ4n) is 8.50. The third-order valence-corrected chi connectivity index (χ3v) is 12.0. The fourth-order valence-corrected chi connectivity index (χ4v) is 8.50. The number of hydrogen-bond acceptors (Lipinski definition) is 5. The van der Waals surface area contributed by atoms with Gasteiger partial charge in [0.2, 0.25) is 11.5 Å². The molecule has 53 heavy (non-hydrogen) atoms. The lowest BCUT2D eigenvalue weighted by molar-refractivity contribution is -0.438. The largest absolute Gasteiger partial charge is 0.506 e. The molecule has 2 aliphatic heterocycles. The lowest BCUT2D eigenvalue weighted by atomic mass is 9.76. The number of nitrogens with zero attached hydrogens (tertiary/aromatic N) is 2. The molecule has 3 aliphatic rings. The zero-order chi connectivity index (χ0) is 37.9. The van der Waals surface area contributed by atoms with Crippen molar-refractivity contribution in [2.75, 3.05) is 24.6 Å². The molecule has 0 unspecified atom stereocenters. The molecule has 7 rings (SSSR count). The number of ketones is 1. The van der Waals surface area contributed by atoms with E-state index in [4.69, 9.17) is 4.74 Å². The summed E-state index contributed by atoms with van der Waals surface area (Å²) in [7, 11) is 0. The SMILES string of the molecule is CCCCN1/C(=C/C2=C(O)C(=C/C3=[N+](CCCOC(=O)C(C)(C)CC)c4ccc5ccccc5c4C3(C)C)/C2=O)C(C)(C)c2c1ccc1ccccc21. The quantitative estimate of drug-likeness (QED) is 0.0727. The summed E-state index contributed by atoms with van der Waals surface area (Å²) in [6, 6.07) is 25.6. The summed E-state index contributed by atoms with van der Waals surface area (Å²) in [6.07, 6.45) is 7.23. The van der Waals surface area contributed by atoms with E-state index in [1.165, 1.54) is 27.6 Å². The monoisotopic (exact) mass is 709 g/mol. The van der Waals surface area contributed by atoms with Crippen molar-refractivity contribution in [3.63, 3.8) is 0 Å². The second-order valence-electron chi connectivity index (χ2n) is 16.6. The minimum atomic E-state index is -0.526. The van der Waals surface area contributed by atoms with E-state index in [-0.39, 0.29) is 22.9 Å². The molecule has 0 amide bonds. The highest BCUT2D eigenvalue weighted by Crippen LogP contribution is 2.52. The Bertz CT molecular complexity index is 2300. The van der Waals surface area contributed by atoms with Gasteiger partial charge in [-0.3, -0.25) is 9.59 Å². The van der Waals surface area contributed by atoms with Crippen LogP contribution >= 0.6 is 0 Å². The van der Waals surface area contributed by atoms with E-state index in [0.717, 1.165) is 47.3 Å². The number of allylic oxidation sites excluding steroid dienone is 5. The average molecular weight is 710 g/mol. The zero-order valence-corrected chi connectivity index (χ0v) is 32.6. The number of carbonyl (C=O) groups excluding carboxylic acids is 2. The van der Waals surface area contributed by atoms with Gasteiger partial charge in [0, 0.05) is 47.5 Å². The van der Waals surface area contributed by atoms with Crippen LogP contribution in [0.5, 0.6) is 0 Å². The van der Waals surface area contributed by atoms with Crippen molar-refractivity contribution in [1.82, 2.24) is 0 Å². The van der Waals surface area contributed by atoms with E-state index in [1.807, 2.05) is 32.9 Å². The fraction of sp³-hybridized carbons (Fsp3) is 0.383. The summed E-state index contributed by atoms with van der Waals surface area (Å²) in [5, 5.41) is 16.5. The highest BCUT2D eigenvalue weighted by Gasteiger charge is 2.48. The first-order chi connectivity index (χ1) is 25.2. The predicted octanol–water partition coefficient (Wildman–Crippen LogP) is 10.5. The van der Waals surface area contributed by atoms with E-state index in [2.05, 4.69) is 117 Å². The summed E-state index contributed by atoms with van der Waals surface area (Å²) in [4.78, 5) is 29.3. The van der Waals surface area contributed by atoms with E-state index in [9.17, 15) is 14.7 Å². The van der Waals surface area contributed by atoms with Crippen molar-refractivity contribution in [1.29, 1.82) is 0 Å². The lowest BCUT2D eigenvalue weighted by Gasteiger charge is -2.29. The second-order valence-corrected chi connectivity index (χ2v) is 16.6. The van der Waals surface area contributed by atoms with Crippen LogP contribution in [0.15, 0.2) is 108 Å². The van der Waals surface area contributed by atoms with Gasteiger partial charge in [0.15, 0.2) is 12.3 Å². The summed E-state index contributed by atoms with van der Waals surface area (Å²) < 4.78 is 7.97. The van der Waals surface area contributed by atoms with E-state index >= 15 is 0 Å². The number of aliphatic hydroxyl groups excluding tert-OH is 1. The van der Waals surface area contributed by atoms with Gasteiger partial charge in [-0.05, 0) is 85.9 Å². The van der Waals surface area contributed by atoms with Gasteiger partial charge in [-0.25, -0.2) is 0 Å². The minimum absolute atomic E-state index is 0.0364. The number of esters is 1. The molecule has 0 radical (unpaired) electrons. The van der Waals surface area contributed by atoms with E-state index in [1.54, 1.807) is 0 Å². The molecular weight excluding hydrogens is 657 g/mol. The number of aliphatic hydroxyl groups is 1. The highest BCUT2D eigenvalue weighted by molar-refractivity contribution is 6.24. The van der Waals surface area contributed by atoms with Gasteiger partial charge in [-0.2, -0.15) is 4.58 Å². The van der Waals surface area contributed by atoms with Crippen molar-refractivity contribution in [3.8, 4) is 0 Å². The molecule has 274 valence electrons. The van der Waals surface area contributed by atoms with Gasteiger partial charge in [0.25, 0.3) is 0 Å². The van der Waals surface area contributed by atoms with Crippen LogP contribution < -0.4 is 4.90 Å². The summed E-state index contributed by atoms with van der Waals surface area (Å²) in [5.74, 6) is -0.303. The molecule has 4 aromatic rings. The first kappa shape index (κ1) is 36.4. The molecule has 2 heterocycles. The van der Waals surface area contributed by atoms with Crippen LogP contribution in [0.3, 0.4) is 0 Å². The molecule has 1 N–H and O–H groups in total. The number of ether oxygens (including phenoxy) is 1. The average Bonchev–Trinajstić information content (AvgIpc) is 3.51. The topological polar surface area (TPSA) is 69.8 Å². The number of anilines is 1. The Hall–Kier alpha value is -4.97. The highest BCUT2D eigenvalue weighted by atomic mass is 16.5. The van der Waals surface area contributed by atoms with E-state index in [0.29, 0.717) is 37.1 Å². The number of Topliss-reactive ketones (excluding diaryl/α,β-unsaturated/α-hetero) is 1. The van der Waals surface area contributed by atoms with Crippen molar-refractivity contribution in [2.24, 2.45) is 5.41 Å². The number of benzene rings is 4. The third kappa shape index (κ3) is 5.91. The normalized spacial score (nSPS) is 19.1. The summed E-state index contributed by atoms with van der Waals surface area (Å²) >= 11 is 0. The number of carbonyl (C=O) groups is 2. The standard InChI is InChI=1S/C47H52N2O4/c1-9-11-25-48-36-23-21-30-17-12-14-19-32(30)40(36)46(5,6)38(48)28-34-42(50)35(43(34)51)29-39-47(7,8)41-33-20-15-13-18-31(33)22-24-37(41)49(39)26-16-27-53-44(52)45(3,4)10-2/h12-15,17-24,28-29H,9-11,16,25-27H2,1-8H3/p+1. The van der Waals surface area contributed by atoms with Crippen LogP contribution in [0.1, 0.15) is 92.2 Å². The lowest BCUT2D eigenvalue weighted by Crippen LogP contribution is -2.32. The molecule has 0 saturated heterocycles. The Morgan fingerprint density at radius 3 is 2.13 bits per heavy atom. The van der Waals surface area contributed by atoms with Crippen LogP contribution in [0.4, 0.5) is 11.4 Å². The van der Waals surface area contributed by atoms with Crippen molar-refractivity contribution >= 4 is 50.4 Å². The predicted molar refractivity (Wildman–Crippen MR) is 216 cm³/mol. The third-order valence-electron chi connectivity index (χ3n) is 12.0. The van der Waals surface area contributed by atoms with Gasteiger partial charge >= 0.3 is 5.97 Å². The Kier molecular flexibility index (Phi) is 9.24. The molecule has 6 heteroatoms. The van der Waals surface area contributed by atoms with Gasteiger partial charge < -0.3 is 14.7 Å². The minimum Gasteiger partial charge on any atom is -0.506 e. The molecule has 6 nitrogen and oxygen atoms in total. The maximum atomic E-state index is 14.2. The van der Waals surface area contributed by atoms with Gasteiger partial charge in [0.05, 0.1) is 28.6 Å². The molecule has 0 spiro atoms. The van der Waals surface area contributed by atoms with Crippen molar-refractivity contribution < 1.29 is 24.0 Å². The zero-order valence-electron chi connectivity index (χ0n) is 32.6. The van der Waals surface area contributed by atoms with Gasteiger partial charge in [-0.15, -0.1) is 0 Å². The molecule has 0 saturated carbocycles. The van der Waals surface area contributed by atoms with Crippen LogP contribution in [0.25, 0.3) is 21.5 Å². The number of unbranched alkanes of at least 4 members (excludes halogenated alkanes) is 1. The Morgan fingerprint density at radius 1 is 0.849 bits per heavy atom. The molecular formula is C47H53N2O4+. The van der Waals surface area contributed by atoms with Gasteiger partial charge in [0.1, 0.15) is 5.76 Å². The molecule has 0 fully saturated rings. The van der Waals surface area contributed by atoms with E-state index < -0.39 is 10.8 Å². The Labute approximate surface area is 314 Å². The first-order valence-electron chi connectivity index (χ1n) is 19.3. The number of hydrogen-bond donors (Lipinski definition) is 1. The van der Waals surface area contributed by atoms with Crippen LogP contribution in [-0.2, 0) is 25.2 Å². The Morgan fingerprint density at radius 2 is 1.49 bits per heavy atom. The van der Waals surface area contributed by atoms with Gasteiger partial charge in [-0.1, -0.05) is 88.7 Å². The molecule has 1 aliphatic carbocycles.